The van der Waals surface area contributed by atoms with Crippen molar-refractivity contribution in [3.63, 3.8) is 0 Å². The van der Waals surface area contributed by atoms with Crippen LogP contribution in [0.2, 0.25) is 0 Å². The molecule has 68 valence electrons. The molecule has 0 aliphatic heterocycles. The van der Waals surface area contributed by atoms with Gasteiger partial charge in [-0.05, 0) is 13.8 Å². The van der Waals surface area contributed by atoms with E-state index in [0.717, 1.165) is 6.54 Å². The fourth-order valence-electron chi connectivity index (χ4n) is 1.12. The maximum atomic E-state index is 11.3. The molecule has 0 aromatic carbocycles. The van der Waals surface area contributed by atoms with E-state index < -0.39 is 0 Å². The first-order valence-electron chi connectivity index (χ1n) is 4.13. The van der Waals surface area contributed by atoms with Crippen LogP contribution in [0.1, 0.15) is 29.4 Å². The molecule has 1 aromatic rings. The van der Waals surface area contributed by atoms with Crippen LogP contribution in [0, 0.1) is 18.3 Å². The van der Waals surface area contributed by atoms with Crippen LogP contribution in [0.5, 0.6) is 0 Å². The van der Waals surface area contributed by atoms with Gasteiger partial charge >= 0.3 is 0 Å². The first-order chi connectivity index (χ1) is 6.19. The smallest absolute Gasteiger partial charge is 0.180 e. The Hall–Kier alpha value is -1.63. The molecular weight excluding hydrogens is 166 g/mol. The topological polar surface area (TPSA) is 58.7 Å². The highest BCUT2D eigenvalue weighted by atomic mass is 16.1. The molecule has 13 heavy (non-hydrogen) atoms. The molecule has 4 nitrogen and oxygen atoms in total. The number of aromatic nitrogens is 2. The molecule has 1 rings (SSSR count). The van der Waals surface area contributed by atoms with Crippen LogP contribution < -0.4 is 0 Å². The lowest BCUT2D eigenvalue weighted by Gasteiger charge is -1.90. The molecule has 1 aromatic heterocycles. The predicted molar refractivity (Wildman–Crippen MR) is 47.2 cm³/mol. The molecule has 0 N–H and O–H groups in total. The molecule has 0 bridgehead atoms. The minimum atomic E-state index is -0.153. The van der Waals surface area contributed by atoms with Gasteiger partial charge in [0.2, 0.25) is 0 Å². The van der Waals surface area contributed by atoms with E-state index in [1.807, 2.05) is 13.0 Å². The Balaban J connectivity index is 2.95. The molecule has 0 radical (unpaired) electrons. The minimum Gasteiger partial charge on any atom is -0.293 e. The average Bonchev–Trinajstić information content (AvgIpc) is 2.47. The molecule has 0 atom stereocenters. The molecule has 0 spiro atoms. The Morgan fingerprint density at radius 3 is 2.92 bits per heavy atom. The van der Waals surface area contributed by atoms with Crippen molar-refractivity contribution in [1.29, 1.82) is 5.26 Å². The summed E-state index contributed by atoms with van der Waals surface area (Å²) in [7, 11) is 0. The molecule has 0 aliphatic carbocycles. The van der Waals surface area contributed by atoms with Crippen LogP contribution in [0.25, 0.3) is 0 Å². The predicted octanol–water partition coefficient (Wildman–Crippen LogP) is 1.31. The van der Waals surface area contributed by atoms with Crippen LogP contribution >= 0.6 is 0 Å². The SMILES string of the molecule is CCn1cc(C(=O)CC#N)c(C)n1. The average molecular weight is 177 g/mol. The third kappa shape index (κ3) is 1.94. The number of rotatable bonds is 3. The first-order valence-corrected chi connectivity index (χ1v) is 4.13. The number of aryl methyl sites for hydroxylation is 2. The Bertz CT molecular complexity index is 359. The van der Waals surface area contributed by atoms with Crippen molar-refractivity contribution < 1.29 is 4.79 Å². The van der Waals surface area contributed by atoms with Crippen LogP contribution in [-0.4, -0.2) is 15.6 Å². The number of carbonyl (C=O) groups is 1. The van der Waals surface area contributed by atoms with Crippen molar-refractivity contribution in [1.82, 2.24) is 9.78 Å². The van der Waals surface area contributed by atoms with Gasteiger partial charge in [0.05, 0.1) is 23.7 Å². The monoisotopic (exact) mass is 177 g/mol. The Labute approximate surface area is 76.8 Å². The number of carbonyl (C=O) groups excluding carboxylic acids is 1. The molecule has 0 fully saturated rings. The quantitative estimate of drug-likeness (QED) is 0.654. The van der Waals surface area contributed by atoms with E-state index in [-0.39, 0.29) is 12.2 Å². The van der Waals surface area contributed by atoms with Crippen LogP contribution in [0.15, 0.2) is 6.20 Å². The molecule has 1 heterocycles. The van der Waals surface area contributed by atoms with E-state index in [2.05, 4.69) is 5.10 Å². The second-order valence-corrected chi connectivity index (χ2v) is 2.74. The van der Waals surface area contributed by atoms with Gasteiger partial charge in [-0.3, -0.25) is 9.48 Å². The fraction of sp³-hybridized carbons (Fsp3) is 0.444. The number of hydrogen-bond donors (Lipinski definition) is 0. The van der Waals surface area contributed by atoms with Gasteiger partial charge < -0.3 is 0 Å². The zero-order valence-electron chi connectivity index (χ0n) is 7.74. The van der Waals surface area contributed by atoms with Crippen LogP contribution in [0.4, 0.5) is 0 Å². The van der Waals surface area contributed by atoms with Gasteiger partial charge in [0, 0.05) is 12.7 Å². The lowest BCUT2D eigenvalue weighted by molar-refractivity contribution is 0.0997. The highest BCUT2D eigenvalue weighted by molar-refractivity contribution is 5.98. The van der Waals surface area contributed by atoms with E-state index >= 15 is 0 Å². The zero-order valence-corrected chi connectivity index (χ0v) is 7.74. The summed E-state index contributed by atoms with van der Waals surface area (Å²) in [5.74, 6) is -0.153. The largest absolute Gasteiger partial charge is 0.293 e. The maximum absolute atomic E-state index is 11.3. The summed E-state index contributed by atoms with van der Waals surface area (Å²) >= 11 is 0. The Morgan fingerprint density at radius 1 is 1.77 bits per heavy atom. The van der Waals surface area contributed by atoms with E-state index in [1.54, 1.807) is 17.8 Å². The zero-order chi connectivity index (χ0) is 9.84. The third-order valence-corrected chi connectivity index (χ3v) is 1.81. The summed E-state index contributed by atoms with van der Waals surface area (Å²) in [6.07, 6.45) is 1.62. The highest BCUT2D eigenvalue weighted by Crippen LogP contribution is 2.08. The van der Waals surface area contributed by atoms with Gasteiger partial charge in [-0.2, -0.15) is 10.4 Å². The molecule has 0 aliphatic rings. The lowest BCUT2D eigenvalue weighted by Crippen LogP contribution is -1.97. The lowest BCUT2D eigenvalue weighted by atomic mass is 10.1. The summed E-state index contributed by atoms with van der Waals surface area (Å²) in [6.45, 7) is 4.46. The number of nitriles is 1. The third-order valence-electron chi connectivity index (χ3n) is 1.81. The fourth-order valence-corrected chi connectivity index (χ4v) is 1.12. The number of hydrogen-bond acceptors (Lipinski definition) is 3. The van der Waals surface area contributed by atoms with Gasteiger partial charge in [0.15, 0.2) is 5.78 Å². The van der Waals surface area contributed by atoms with Crippen molar-refractivity contribution in [3.8, 4) is 6.07 Å². The number of ketones is 1. The Kier molecular flexibility index (Phi) is 2.80. The van der Waals surface area contributed by atoms with Crippen LogP contribution in [0.3, 0.4) is 0 Å². The van der Waals surface area contributed by atoms with E-state index in [1.165, 1.54) is 0 Å². The second-order valence-electron chi connectivity index (χ2n) is 2.74. The van der Waals surface area contributed by atoms with Gasteiger partial charge in [-0.15, -0.1) is 0 Å². The minimum absolute atomic E-state index is 0.0732. The van der Waals surface area contributed by atoms with Crippen molar-refractivity contribution >= 4 is 5.78 Å². The van der Waals surface area contributed by atoms with Gasteiger partial charge in [0.25, 0.3) is 0 Å². The van der Waals surface area contributed by atoms with Gasteiger partial charge in [0.1, 0.15) is 0 Å². The maximum Gasteiger partial charge on any atom is 0.180 e. The highest BCUT2D eigenvalue weighted by Gasteiger charge is 2.11. The van der Waals surface area contributed by atoms with Gasteiger partial charge in [-0.25, -0.2) is 0 Å². The van der Waals surface area contributed by atoms with E-state index in [9.17, 15) is 4.79 Å². The molecule has 4 heteroatoms. The molecule has 0 unspecified atom stereocenters. The van der Waals surface area contributed by atoms with Crippen molar-refractivity contribution in [2.45, 2.75) is 26.8 Å². The van der Waals surface area contributed by atoms with E-state index in [0.29, 0.717) is 11.3 Å². The molecule has 0 saturated carbocycles. The van der Waals surface area contributed by atoms with Crippen molar-refractivity contribution in [2.24, 2.45) is 0 Å². The summed E-state index contributed by atoms with van der Waals surface area (Å²) in [5.41, 5.74) is 1.26. The number of Topliss-reactive ketones (excluding diaryl/α,β-unsaturated/α-hetero) is 1. The first kappa shape index (κ1) is 9.46. The summed E-state index contributed by atoms with van der Waals surface area (Å²) in [6, 6.07) is 1.83. The standard InChI is InChI=1S/C9H11N3O/c1-3-12-6-8(7(2)11-12)9(13)4-5-10/h6H,3-4H2,1-2H3. The van der Waals surface area contributed by atoms with E-state index in [4.69, 9.17) is 5.26 Å². The Morgan fingerprint density at radius 2 is 2.46 bits per heavy atom. The summed E-state index contributed by atoms with van der Waals surface area (Å²) in [4.78, 5) is 11.3. The van der Waals surface area contributed by atoms with Crippen LogP contribution in [-0.2, 0) is 6.54 Å². The number of nitrogens with zero attached hydrogens (tertiary/aromatic N) is 3. The molecular formula is C9H11N3O. The van der Waals surface area contributed by atoms with Crippen molar-refractivity contribution in [3.05, 3.63) is 17.5 Å². The van der Waals surface area contributed by atoms with Crippen molar-refractivity contribution in [2.75, 3.05) is 0 Å². The molecule has 0 amide bonds. The van der Waals surface area contributed by atoms with Gasteiger partial charge in [-0.1, -0.05) is 0 Å². The second kappa shape index (κ2) is 3.85. The normalized spacial score (nSPS) is 9.62. The molecule has 0 saturated heterocycles. The summed E-state index contributed by atoms with van der Waals surface area (Å²) in [5, 5.41) is 12.5. The summed E-state index contributed by atoms with van der Waals surface area (Å²) < 4.78 is 1.69.